The lowest BCUT2D eigenvalue weighted by molar-refractivity contribution is -0.114. The van der Waals surface area contributed by atoms with Gasteiger partial charge in [-0.15, -0.1) is 0 Å². The molecule has 0 spiro atoms. The lowest BCUT2D eigenvalue weighted by Gasteiger charge is -2.10. The molecule has 20 heavy (non-hydrogen) atoms. The van der Waals surface area contributed by atoms with Crippen LogP contribution < -0.4 is 10.6 Å². The number of benzene rings is 1. The molecular weight excluding hydrogens is 324 g/mol. The van der Waals surface area contributed by atoms with Crippen molar-refractivity contribution in [2.24, 2.45) is 0 Å². The molecule has 2 rings (SSSR count). The smallest absolute Gasteiger partial charge is 0.260 e. The second kappa shape index (κ2) is 5.92. The highest BCUT2D eigenvalue weighted by molar-refractivity contribution is 9.10. The maximum atomic E-state index is 12.0. The van der Waals surface area contributed by atoms with Gasteiger partial charge in [0, 0.05) is 18.3 Å². The van der Waals surface area contributed by atoms with Crippen LogP contribution >= 0.6 is 15.9 Å². The van der Waals surface area contributed by atoms with Gasteiger partial charge in [-0.2, -0.15) is 0 Å². The summed E-state index contributed by atoms with van der Waals surface area (Å²) in [7, 11) is 0. The van der Waals surface area contributed by atoms with Crippen molar-refractivity contribution in [3.05, 3.63) is 46.3 Å². The first-order chi connectivity index (χ1) is 9.47. The molecule has 0 atom stereocenters. The predicted molar refractivity (Wildman–Crippen MR) is 79.8 cm³/mol. The van der Waals surface area contributed by atoms with Crippen LogP contribution in [0.25, 0.3) is 0 Å². The molecule has 104 valence electrons. The third-order valence-corrected chi connectivity index (χ3v) is 3.28. The van der Waals surface area contributed by atoms with Crippen molar-refractivity contribution >= 4 is 39.1 Å². The second-order valence-electron chi connectivity index (χ2n) is 4.27. The second-order valence-corrected chi connectivity index (χ2v) is 4.99. The van der Waals surface area contributed by atoms with Gasteiger partial charge in [-0.1, -0.05) is 6.07 Å². The van der Waals surface area contributed by atoms with Crippen molar-refractivity contribution in [2.75, 3.05) is 10.6 Å². The quantitative estimate of drug-likeness (QED) is 0.900. The molecule has 0 saturated heterocycles. The highest BCUT2D eigenvalue weighted by atomic mass is 79.9. The van der Waals surface area contributed by atoms with E-state index in [9.17, 15) is 9.59 Å². The Bertz CT molecular complexity index is 664. The zero-order chi connectivity index (χ0) is 14.7. The van der Waals surface area contributed by atoms with Crippen molar-refractivity contribution in [1.29, 1.82) is 0 Å². The van der Waals surface area contributed by atoms with Crippen LogP contribution in [0.2, 0.25) is 0 Å². The molecule has 0 saturated carbocycles. The molecule has 2 N–H and O–H groups in total. The molecule has 0 radical (unpaired) electrons. The molecule has 0 aliphatic carbocycles. The van der Waals surface area contributed by atoms with Crippen LogP contribution in [0.4, 0.5) is 11.4 Å². The topological polar surface area (TPSA) is 71.3 Å². The summed E-state index contributed by atoms with van der Waals surface area (Å²) in [6, 6.07) is 6.88. The largest absolute Gasteiger partial charge is 0.457 e. The monoisotopic (exact) mass is 336 g/mol. The van der Waals surface area contributed by atoms with E-state index in [1.54, 1.807) is 18.2 Å². The standard InChI is InChI=1S/C14H13BrN2O3/c1-8-3-4-10(7-12(8)16-9(2)18)17-14(19)11-5-6-20-13(11)15/h3-7H,1-2H3,(H,16,18)(H,17,19). The van der Waals surface area contributed by atoms with Crippen molar-refractivity contribution in [1.82, 2.24) is 0 Å². The van der Waals surface area contributed by atoms with E-state index in [0.29, 0.717) is 21.6 Å². The minimum Gasteiger partial charge on any atom is -0.457 e. The Labute approximate surface area is 124 Å². The minimum absolute atomic E-state index is 0.158. The van der Waals surface area contributed by atoms with Crippen molar-refractivity contribution < 1.29 is 14.0 Å². The number of hydrogen-bond donors (Lipinski definition) is 2. The van der Waals surface area contributed by atoms with E-state index in [4.69, 9.17) is 4.42 Å². The number of anilines is 2. The predicted octanol–water partition coefficient (Wildman–Crippen LogP) is 3.56. The molecule has 0 fully saturated rings. The van der Waals surface area contributed by atoms with Gasteiger partial charge >= 0.3 is 0 Å². The van der Waals surface area contributed by atoms with Gasteiger partial charge in [0.2, 0.25) is 5.91 Å². The summed E-state index contributed by atoms with van der Waals surface area (Å²) in [6.07, 6.45) is 1.43. The van der Waals surface area contributed by atoms with E-state index in [2.05, 4.69) is 26.6 Å². The summed E-state index contributed by atoms with van der Waals surface area (Å²) in [5.41, 5.74) is 2.59. The maximum Gasteiger partial charge on any atom is 0.260 e. The highest BCUT2D eigenvalue weighted by Gasteiger charge is 2.13. The third kappa shape index (κ3) is 3.27. The number of aryl methyl sites for hydroxylation is 1. The van der Waals surface area contributed by atoms with Crippen molar-refractivity contribution in [3.63, 3.8) is 0 Å². The number of carbonyl (C=O) groups is 2. The van der Waals surface area contributed by atoms with Crippen LogP contribution in [0, 0.1) is 6.92 Å². The Hall–Kier alpha value is -2.08. The highest BCUT2D eigenvalue weighted by Crippen LogP contribution is 2.23. The summed E-state index contributed by atoms with van der Waals surface area (Å²) in [5.74, 6) is -0.447. The van der Waals surface area contributed by atoms with E-state index in [-0.39, 0.29) is 11.8 Å². The number of halogens is 1. The molecule has 0 bridgehead atoms. The van der Waals surface area contributed by atoms with Crippen molar-refractivity contribution in [2.45, 2.75) is 13.8 Å². The van der Waals surface area contributed by atoms with Gasteiger partial charge in [0.15, 0.2) is 4.67 Å². The van der Waals surface area contributed by atoms with E-state index >= 15 is 0 Å². The molecule has 1 aromatic heterocycles. The summed E-state index contributed by atoms with van der Waals surface area (Å²) in [5, 5.41) is 5.46. The average molecular weight is 337 g/mol. The van der Waals surface area contributed by atoms with Gasteiger partial charge in [0.1, 0.15) is 0 Å². The Morgan fingerprint density at radius 1 is 1.20 bits per heavy atom. The molecule has 0 aliphatic heterocycles. The fourth-order valence-electron chi connectivity index (χ4n) is 1.68. The lowest BCUT2D eigenvalue weighted by atomic mass is 10.1. The molecule has 2 aromatic rings. The number of rotatable bonds is 3. The Morgan fingerprint density at radius 3 is 2.55 bits per heavy atom. The van der Waals surface area contributed by atoms with Crippen LogP contribution in [0.15, 0.2) is 39.6 Å². The SMILES string of the molecule is CC(=O)Nc1cc(NC(=O)c2ccoc2Br)ccc1C. The van der Waals surface area contributed by atoms with Crippen LogP contribution in [0.1, 0.15) is 22.8 Å². The van der Waals surface area contributed by atoms with E-state index in [0.717, 1.165) is 5.56 Å². The van der Waals surface area contributed by atoms with Crippen molar-refractivity contribution in [3.8, 4) is 0 Å². The van der Waals surface area contributed by atoms with Gasteiger partial charge < -0.3 is 15.1 Å². The zero-order valence-electron chi connectivity index (χ0n) is 11.0. The Morgan fingerprint density at radius 2 is 1.95 bits per heavy atom. The fraction of sp³-hybridized carbons (Fsp3) is 0.143. The molecule has 2 amide bonds. The lowest BCUT2D eigenvalue weighted by Crippen LogP contribution is -2.12. The number of furan rings is 1. The van der Waals surface area contributed by atoms with Gasteiger partial charge in [-0.25, -0.2) is 0 Å². The first-order valence-electron chi connectivity index (χ1n) is 5.90. The van der Waals surface area contributed by atoms with Gasteiger partial charge in [-0.05, 0) is 46.6 Å². The summed E-state index contributed by atoms with van der Waals surface area (Å²) >= 11 is 3.15. The van der Waals surface area contributed by atoms with Crippen LogP contribution in [-0.2, 0) is 4.79 Å². The third-order valence-electron chi connectivity index (χ3n) is 2.67. The normalized spacial score (nSPS) is 10.2. The molecule has 0 aliphatic rings. The Kier molecular flexibility index (Phi) is 4.24. The summed E-state index contributed by atoms with van der Waals surface area (Å²) < 4.78 is 5.40. The average Bonchev–Trinajstić information content (AvgIpc) is 2.79. The summed E-state index contributed by atoms with van der Waals surface area (Å²) in [6.45, 7) is 3.32. The van der Waals surface area contributed by atoms with Gasteiger partial charge in [0.25, 0.3) is 5.91 Å². The molecule has 1 aromatic carbocycles. The van der Waals surface area contributed by atoms with Gasteiger partial charge in [-0.3, -0.25) is 9.59 Å². The minimum atomic E-state index is -0.289. The van der Waals surface area contributed by atoms with Gasteiger partial charge in [0.05, 0.1) is 11.8 Å². The first-order valence-corrected chi connectivity index (χ1v) is 6.69. The Balaban J connectivity index is 2.20. The van der Waals surface area contributed by atoms with E-state index in [1.165, 1.54) is 13.2 Å². The fourth-order valence-corrected chi connectivity index (χ4v) is 2.10. The molecule has 6 heteroatoms. The molecule has 0 unspecified atom stereocenters. The molecule has 5 nitrogen and oxygen atoms in total. The van der Waals surface area contributed by atoms with Crippen LogP contribution in [-0.4, -0.2) is 11.8 Å². The zero-order valence-corrected chi connectivity index (χ0v) is 12.6. The number of carbonyl (C=O) groups excluding carboxylic acids is 2. The van der Waals surface area contributed by atoms with E-state index in [1.807, 2.05) is 13.0 Å². The maximum absolute atomic E-state index is 12.0. The van der Waals surface area contributed by atoms with Crippen LogP contribution in [0.5, 0.6) is 0 Å². The molecular formula is C14H13BrN2O3. The van der Waals surface area contributed by atoms with Crippen LogP contribution in [0.3, 0.4) is 0 Å². The number of nitrogens with one attached hydrogen (secondary N) is 2. The molecule has 1 heterocycles. The first kappa shape index (κ1) is 14.3. The number of hydrogen-bond acceptors (Lipinski definition) is 3. The summed E-state index contributed by atoms with van der Waals surface area (Å²) in [4.78, 5) is 23.1. The number of amides is 2. The van der Waals surface area contributed by atoms with E-state index < -0.39 is 0 Å².